The second-order valence-corrected chi connectivity index (χ2v) is 3.68. The zero-order chi connectivity index (χ0) is 11.1. The number of nitrogens with one attached hydrogen (secondary N) is 1. The fourth-order valence-corrected chi connectivity index (χ4v) is 1.58. The van der Waals surface area contributed by atoms with Crippen molar-refractivity contribution in [3.8, 4) is 0 Å². The van der Waals surface area contributed by atoms with Crippen LogP contribution in [0.5, 0.6) is 0 Å². The molecular weight excluding hydrogens is 188 g/mol. The fraction of sp³-hybridized carbons (Fsp3) is 0.417. The first kappa shape index (κ1) is 11.7. The van der Waals surface area contributed by atoms with E-state index in [0.29, 0.717) is 6.42 Å². The van der Waals surface area contributed by atoms with Crippen molar-refractivity contribution in [3.05, 3.63) is 35.9 Å². The molecule has 0 aliphatic heterocycles. The van der Waals surface area contributed by atoms with Crippen molar-refractivity contribution in [2.24, 2.45) is 5.73 Å². The molecule has 3 N–H and O–H groups in total. The SMILES string of the molecule is CNC(CCc1ccccc1)CC(N)=O. The zero-order valence-electron chi connectivity index (χ0n) is 9.07. The van der Waals surface area contributed by atoms with Crippen LogP contribution in [0.1, 0.15) is 18.4 Å². The minimum absolute atomic E-state index is 0.183. The number of carbonyl (C=O) groups excluding carboxylic acids is 1. The van der Waals surface area contributed by atoms with E-state index >= 15 is 0 Å². The Kier molecular flexibility index (Phi) is 4.84. The Morgan fingerprint density at radius 1 is 1.40 bits per heavy atom. The van der Waals surface area contributed by atoms with Crippen LogP contribution in [0.2, 0.25) is 0 Å². The average Bonchev–Trinajstić information content (AvgIpc) is 2.25. The minimum atomic E-state index is -0.248. The molecule has 1 rings (SSSR count). The van der Waals surface area contributed by atoms with E-state index in [-0.39, 0.29) is 11.9 Å². The normalized spacial score (nSPS) is 12.3. The highest BCUT2D eigenvalue weighted by Crippen LogP contribution is 2.06. The molecular formula is C12H18N2O. The van der Waals surface area contributed by atoms with Crippen molar-refractivity contribution in [1.29, 1.82) is 0 Å². The summed E-state index contributed by atoms with van der Waals surface area (Å²) in [5.74, 6) is -0.248. The molecule has 0 heterocycles. The molecule has 0 spiro atoms. The van der Waals surface area contributed by atoms with Crippen LogP contribution in [-0.4, -0.2) is 19.0 Å². The summed E-state index contributed by atoms with van der Waals surface area (Å²) < 4.78 is 0. The van der Waals surface area contributed by atoms with Crippen LogP contribution in [0.3, 0.4) is 0 Å². The van der Waals surface area contributed by atoms with Gasteiger partial charge < -0.3 is 11.1 Å². The van der Waals surface area contributed by atoms with E-state index < -0.39 is 0 Å². The highest BCUT2D eigenvalue weighted by atomic mass is 16.1. The van der Waals surface area contributed by atoms with E-state index in [4.69, 9.17) is 5.73 Å². The second kappa shape index (κ2) is 6.19. The Morgan fingerprint density at radius 2 is 2.07 bits per heavy atom. The number of primary amides is 1. The van der Waals surface area contributed by atoms with Crippen LogP contribution in [0.15, 0.2) is 30.3 Å². The molecule has 1 atom stereocenters. The lowest BCUT2D eigenvalue weighted by atomic mass is 10.0. The summed E-state index contributed by atoms with van der Waals surface area (Å²) in [5, 5.41) is 3.10. The van der Waals surface area contributed by atoms with E-state index in [1.54, 1.807) is 0 Å². The Morgan fingerprint density at radius 3 is 2.60 bits per heavy atom. The fourth-order valence-electron chi connectivity index (χ4n) is 1.58. The van der Waals surface area contributed by atoms with Crippen molar-refractivity contribution in [1.82, 2.24) is 5.32 Å². The van der Waals surface area contributed by atoms with Crippen molar-refractivity contribution in [3.63, 3.8) is 0 Å². The molecule has 1 unspecified atom stereocenters. The molecule has 0 radical (unpaired) electrons. The maximum absolute atomic E-state index is 10.8. The van der Waals surface area contributed by atoms with E-state index in [1.165, 1.54) is 5.56 Å². The van der Waals surface area contributed by atoms with Crippen LogP contribution in [-0.2, 0) is 11.2 Å². The van der Waals surface area contributed by atoms with Gasteiger partial charge >= 0.3 is 0 Å². The molecule has 82 valence electrons. The number of rotatable bonds is 6. The van der Waals surface area contributed by atoms with Crippen LogP contribution < -0.4 is 11.1 Å². The molecule has 15 heavy (non-hydrogen) atoms. The standard InChI is InChI=1S/C12H18N2O/c1-14-11(9-12(13)15)8-7-10-5-3-2-4-6-10/h2-6,11,14H,7-9H2,1H3,(H2,13,15). The van der Waals surface area contributed by atoms with Gasteiger partial charge in [-0.05, 0) is 25.5 Å². The summed E-state index contributed by atoms with van der Waals surface area (Å²) in [6.45, 7) is 0. The van der Waals surface area contributed by atoms with Gasteiger partial charge in [0.15, 0.2) is 0 Å². The highest BCUT2D eigenvalue weighted by Gasteiger charge is 2.09. The molecule has 1 aromatic rings. The topological polar surface area (TPSA) is 55.1 Å². The summed E-state index contributed by atoms with van der Waals surface area (Å²) in [6, 6.07) is 10.4. The lowest BCUT2D eigenvalue weighted by Gasteiger charge is -2.13. The Hall–Kier alpha value is -1.35. The average molecular weight is 206 g/mol. The van der Waals surface area contributed by atoms with E-state index in [9.17, 15) is 4.79 Å². The molecule has 0 saturated carbocycles. The lowest BCUT2D eigenvalue weighted by molar-refractivity contribution is -0.118. The molecule has 3 nitrogen and oxygen atoms in total. The van der Waals surface area contributed by atoms with Gasteiger partial charge in [0.2, 0.25) is 5.91 Å². The van der Waals surface area contributed by atoms with Crippen LogP contribution in [0, 0.1) is 0 Å². The molecule has 0 aliphatic rings. The quantitative estimate of drug-likeness (QED) is 0.732. The highest BCUT2D eigenvalue weighted by molar-refractivity contribution is 5.74. The van der Waals surface area contributed by atoms with Crippen molar-refractivity contribution in [2.45, 2.75) is 25.3 Å². The summed E-state index contributed by atoms with van der Waals surface area (Å²) in [7, 11) is 1.86. The molecule has 1 aromatic carbocycles. The summed E-state index contributed by atoms with van der Waals surface area (Å²) in [5.41, 5.74) is 6.45. The molecule has 1 amide bonds. The number of nitrogens with two attached hydrogens (primary N) is 1. The third-order valence-corrected chi connectivity index (χ3v) is 2.48. The number of hydrogen-bond acceptors (Lipinski definition) is 2. The first-order valence-electron chi connectivity index (χ1n) is 5.22. The largest absolute Gasteiger partial charge is 0.370 e. The first-order valence-corrected chi connectivity index (χ1v) is 5.22. The number of benzene rings is 1. The van der Waals surface area contributed by atoms with Crippen LogP contribution >= 0.6 is 0 Å². The predicted molar refractivity (Wildman–Crippen MR) is 61.4 cm³/mol. The van der Waals surface area contributed by atoms with Gasteiger partial charge in [0.25, 0.3) is 0 Å². The van der Waals surface area contributed by atoms with E-state index in [0.717, 1.165) is 12.8 Å². The van der Waals surface area contributed by atoms with Crippen LogP contribution in [0.25, 0.3) is 0 Å². The number of aryl methyl sites for hydroxylation is 1. The van der Waals surface area contributed by atoms with Crippen molar-refractivity contribution < 1.29 is 4.79 Å². The predicted octanol–water partition coefficient (Wildman–Crippen LogP) is 1.08. The summed E-state index contributed by atoms with van der Waals surface area (Å²) >= 11 is 0. The lowest BCUT2D eigenvalue weighted by Crippen LogP contribution is -2.31. The van der Waals surface area contributed by atoms with E-state index in [2.05, 4.69) is 17.4 Å². The van der Waals surface area contributed by atoms with Gasteiger partial charge in [-0.1, -0.05) is 30.3 Å². The summed E-state index contributed by atoms with van der Waals surface area (Å²) in [6.07, 6.45) is 2.31. The van der Waals surface area contributed by atoms with Gasteiger partial charge in [0.1, 0.15) is 0 Å². The van der Waals surface area contributed by atoms with Crippen LogP contribution in [0.4, 0.5) is 0 Å². The zero-order valence-corrected chi connectivity index (χ0v) is 9.07. The molecule has 0 saturated heterocycles. The maximum Gasteiger partial charge on any atom is 0.218 e. The molecule has 0 fully saturated rings. The maximum atomic E-state index is 10.8. The third kappa shape index (κ3) is 4.61. The van der Waals surface area contributed by atoms with Gasteiger partial charge in [0, 0.05) is 12.5 Å². The van der Waals surface area contributed by atoms with Crippen molar-refractivity contribution in [2.75, 3.05) is 7.05 Å². The van der Waals surface area contributed by atoms with Gasteiger partial charge in [-0.3, -0.25) is 4.79 Å². The number of amides is 1. The van der Waals surface area contributed by atoms with Gasteiger partial charge in [-0.2, -0.15) is 0 Å². The Bertz CT molecular complexity index is 298. The number of hydrogen-bond donors (Lipinski definition) is 2. The second-order valence-electron chi connectivity index (χ2n) is 3.68. The molecule has 0 aliphatic carbocycles. The molecule has 3 heteroatoms. The summed E-state index contributed by atoms with van der Waals surface area (Å²) in [4.78, 5) is 10.8. The third-order valence-electron chi connectivity index (χ3n) is 2.48. The smallest absolute Gasteiger partial charge is 0.218 e. The molecule has 0 aromatic heterocycles. The first-order chi connectivity index (χ1) is 7.22. The minimum Gasteiger partial charge on any atom is -0.370 e. The van der Waals surface area contributed by atoms with Gasteiger partial charge in [-0.25, -0.2) is 0 Å². The van der Waals surface area contributed by atoms with Gasteiger partial charge in [0.05, 0.1) is 0 Å². The van der Waals surface area contributed by atoms with Crippen molar-refractivity contribution >= 4 is 5.91 Å². The van der Waals surface area contributed by atoms with Gasteiger partial charge in [-0.15, -0.1) is 0 Å². The monoisotopic (exact) mass is 206 g/mol. The molecule has 0 bridgehead atoms. The number of carbonyl (C=O) groups is 1. The van der Waals surface area contributed by atoms with E-state index in [1.807, 2.05) is 25.2 Å². The Labute approximate surface area is 90.7 Å². The Balaban J connectivity index is 2.37.